The van der Waals surface area contributed by atoms with Gasteiger partial charge in [0, 0.05) is 5.69 Å². The fraction of sp³-hybridized carbons (Fsp3) is 0.647. The van der Waals surface area contributed by atoms with Crippen LogP contribution in [0.1, 0.15) is 62.3 Å². The second kappa shape index (κ2) is 6.04. The van der Waals surface area contributed by atoms with Crippen LogP contribution in [0.5, 0.6) is 5.88 Å². The third kappa shape index (κ3) is 3.04. The SMILES string of the molecule is CC1CCCCC1Oc1nc2c(cc1C(=N)N)CCCC2. The monoisotopic (exact) mass is 287 g/mol. The van der Waals surface area contributed by atoms with E-state index in [1.165, 1.54) is 37.7 Å². The summed E-state index contributed by atoms with van der Waals surface area (Å²) in [7, 11) is 0. The Kier molecular flexibility index (Phi) is 4.13. The third-order valence-electron chi connectivity index (χ3n) is 4.85. The van der Waals surface area contributed by atoms with E-state index >= 15 is 0 Å². The smallest absolute Gasteiger partial charge is 0.225 e. The van der Waals surface area contributed by atoms with Crippen LogP contribution in [0.3, 0.4) is 0 Å². The molecule has 0 aromatic carbocycles. The van der Waals surface area contributed by atoms with E-state index in [1.807, 2.05) is 6.07 Å². The van der Waals surface area contributed by atoms with Gasteiger partial charge in [0.25, 0.3) is 0 Å². The molecule has 2 unspecified atom stereocenters. The molecule has 2 aliphatic rings. The number of nitrogen functional groups attached to an aromatic ring is 1. The quantitative estimate of drug-likeness (QED) is 0.662. The summed E-state index contributed by atoms with van der Waals surface area (Å²) in [5, 5.41) is 7.82. The number of ether oxygens (including phenoxy) is 1. The molecule has 0 aliphatic heterocycles. The van der Waals surface area contributed by atoms with Crippen LogP contribution in [-0.2, 0) is 12.8 Å². The van der Waals surface area contributed by atoms with Crippen molar-refractivity contribution >= 4 is 5.84 Å². The second-order valence-electron chi connectivity index (χ2n) is 6.49. The molecule has 4 heteroatoms. The maximum Gasteiger partial charge on any atom is 0.225 e. The van der Waals surface area contributed by atoms with Gasteiger partial charge < -0.3 is 10.5 Å². The predicted octanol–water partition coefficient (Wildman–Crippen LogP) is 3.20. The summed E-state index contributed by atoms with van der Waals surface area (Å²) in [4.78, 5) is 4.72. The number of fused-ring (bicyclic) bond motifs is 1. The molecule has 4 nitrogen and oxygen atoms in total. The number of aryl methyl sites for hydroxylation is 2. The molecule has 0 bridgehead atoms. The Labute approximate surface area is 126 Å². The van der Waals surface area contributed by atoms with Gasteiger partial charge in [0.05, 0.1) is 5.56 Å². The van der Waals surface area contributed by atoms with Gasteiger partial charge in [0.1, 0.15) is 11.9 Å². The molecule has 1 aromatic heterocycles. The van der Waals surface area contributed by atoms with Crippen LogP contribution < -0.4 is 10.5 Å². The molecular weight excluding hydrogens is 262 g/mol. The Balaban J connectivity index is 1.90. The minimum atomic E-state index is 0.0642. The number of hydrogen-bond donors (Lipinski definition) is 2. The molecule has 21 heavy (non-hydrogen) atoms. The number of aromatic nitrogens is 1. The lowest BCUT2D eigenvalue weighted by Crippen LogP contribution is -2.30. The number of nitrogens with two attached hydrogens (primary N) is 1. The highest BCUT2D eigenvalue weighted by Crippen LogP contribution is 2.31. The molecule has 3 rings (SSSR count). The molecule has 2 atom stereocenters. The van der Waals surface area contributed by atoms with Crippen LogP contribution in [0.25, 0.3) is 0 Å². The number of rotatable bonds is 3. The van der Waals surface area contributed by atoms with E-state index in [0.717, 1.165) is 25.0 Å². The Hall–Kier alpha value is -1.58. The highest BCUT2D eigenvalue weighted by molar-refractivity contribution is 5.97. The molecular formula is C17H25N3O. The summed E-state index contributed by atoms with van der Waals surface area (Å²) in [5.41, 5.74) is 8.81. The lowest BCUT2D eigenvalue weighted by atomic mass is 9.88. The van der Waals surface area contributed by atoms with E-state index in [2.05, 4.69) is 6.92 Å². The number of nitrogens with one attached hydrogen (secondary N) is 1. The standard InChI is InChI=1S/C17H25N3O/c1-11-6-2-5-9-15(11)21-17-13(16(18)19)10-12-7-3-4-8-14(12)20-17/h10-11,15H,2-9H2,1H3,(H3,18,19). The maximum absolute atomic E-state index is 7.82. The van der Waals surface area contributed by atoms with Crippen LogP contribution in [0.15, 0.2) is 6.07 Å². The van der Waals surface area contributed by atoms with Gasteiger partial charge in [-0.1, -0.05) is 13.3 Å². The molecule has 0 radical (unpaired) electrons. The van der Waals surface area contributed by atoms with Crippen molar-refractivity contribution in [1.29, 1.82) is 5.41 Å². The highest BCUT2D eigenvalue weighted by Gasteiger charge is 2.26. The third-order valence-corrected chi connectivity index (χ3v) is 4.85. The van der Waals surface area contributed by atoms with E-state index in [1.54, 1.807) is 0 Å². The average Bonchev–Trinajstić information content (AvgIpc) is 2.48. The summed E-state index contributed by atoms with van der Waals surface area (Å²) < 4.78 is 6.19. The molecule has 0 spiro atoms. The first-order chi connectivity index (χ1) is 10.1. The molecule has 2 aliphatic carbocycles. The topological polar surface area (TPSA) is 72.0 Å². The first kappa shape index (κ1) is 14.4. The van der Waals surface area contributed by atoms with Gasteiger partial charge in [-0.3, -0.25) is 5.41 Å². The average molecular weight is 287 g/mol. The maximum atomic E-state index is 7.82. The minimum absolute atomic E-state index is 0.0642. The molecule has 1 saturated carbocycles. The van der Waals surface area contributed by atoms with E-state index in [9.17, 15) is 0 Å². The normalized spacial score (nSPS) is 25.2. The zero-order chi connectivity index (χ0) is 14.8. The van der Waals surface area contributed by atoms with Gasteiger partial charge in [-0.25, -0.2) is 4.98 Å². The van der Waals surface area contributed by atoms with Crippen molar-refractivity contribution in [3.63, 3.8) is 0 Å². The summed E-state index contributed by atoms with van der Waals surface area (Å²) in [6.45, 7) is 2.25. The van der Waals surface area contributed by atoms with Crippen molar-refractivity contribution < 1.29 is 4.74 Å². The Bertz CT molecular complexity index is 541. The van der Waals surface area contributed by atoms with Crippen molar-refractivity contribution in [2.45, 2.75) is 64.4 Å². The van der Waals surface area contributed by atoms with Crippen LogP contribution in [0.4, 0.5) is 0 Å². The molecule has 0 saturated heterocycles. The summed E-state index contributed by atoms with van der Waals surface area (Å²) >= 11 is 0. The van der Waals surface area contributed by atoms with Crippen LogP contribution >= 0.6 is 0 Å². The fourth-order valence-corrected chi connectivity index (χ4v) is 3.50. The zero-order valence-electron chi connectivity index (χ0n) is 12.8. The van der Waals surface area contributed by atoms with Gasteiger partial charge in [0.15, 0.2) is 0 Å². The first-order valence-electron chi connectivity index (χ1n) is 8.19. The Morgan fingerprint density at radius 3 is 2.76 bits per heavy atom. The van der Waals surface area contributed by atoms with E-state index in [0.29, 0.717) is 17.4 Å². The van der Waals surface area contributed by atoms with Gasteiger partial charge in [0.2, 0.25) is 5.88 Å². The minimum Gasteiger partial charge on any atom is -0.474 e. The Morgan fingerprint density at radius 2 is 2.00 bits per heavy atom. The molecule has 1 aromatic rings. The molecule has 0 amide bonds. The second-order valence-corrected chi connectivity index (χ2v) is 6.49. The van der Waals surface area contributed by atoms with Crippen molar-refractivity contribution in [2.75, 3.05) is 0 Å². The van der Waals surface area contributed by atoms with Crippen LogP contribution in [-0.4, -0.2) is 16.9 Å². The van der Waals surface area contributed by atoms with Gasteiger partial charge in [-0.15, -0.1) is 0 Å². The van der Waals surface area contributed by atoms with E-state index in [-0.39, 0.29) is 11.9 Å². The van der Waals surface area contributed by atoms with E-state index in [4.69, 9.17) is 20.9 Å². The van der Waals surface area contributed by atoms with Gasteiger partial charge >= 0.3 is 0 Å². The molecule has 1 fully saturated rings. The van der Waals surface area contributed by atoms with Crippen LogP contribution in [0.2, 0.25) is 0 Å². The lowest BCUT2D eigenvalue weighted by Gasteiger charge is -2.30. The zero-order valence-corrected chi connectivity index (χ0v) is 12.8. The summed E-state index contributed by atoms with van der Waals surface area (Å²) in [6, 6.07) is 2.03. The van der Waals surface area contributed by atoms with Crippen molar-refractivity contribution in [3.05, 3.63) is 22.9 Å². The molecule has 114 valence electrons. The van der Waals surface area contributed by atoms with E-state index < -0.39 is 0 Å². The van der Waals surface area contributed by atoms with Gasteiger partial charge in [-0.05, 0) is 62.5 Å². The fourth-order valence-electron chi connectivity index (χ4n) is 3.50. The summed E-state index contributed by atoms with van der Waals surface area (Å²) in [6.07, 6.45) is 9.47. The summed E-state index contributed by atoms with van der Waals surface area (Å²) in [5.74, 6) is 1.20. The number of hydrogen-bond acceptors (Lipinski definition) is 3. The largest absolute Gasteiger partial charge is 0.474 e. The van der Waals surface area contributed by atoms with Crippen molar-refractivity contribution in [3.8, 4) is 5.88 Å². The van der Waals surface area contributed by atoms with Crippen LogP contribution in [0, 0.1) is 11.3 Å². The first-order valence-corrected chi connectivity index (χ1v) is 8.19. The Morgan fingerprint density at radius 1 is 1.24 bits per heavy atom. The van der Waals surface area contributed by atoms with Crippen molar-refractivity contribution in [1.82, 2.24) is 4.98 Å². The molecule has 1 heterocycles. The highest BCUT2D eigenvalue weighted by atomic mass is 16.5. The van der Waals surface area contributed by atoms with Gasteiger partial charge in [-0.2, -0.15) is 0 Å². The number of pyridine rings is 1. The predicted molar refractivity (Wildman–Crippen MR) is 83.9 cm³/mol. The number of amidine groups is 1. The van der Waals surface area contributed by atoms with Crippen molar-refractivity contribution in [2.24, 2.45) is 11.7 Å². The lowest BCUT2D eigenvalue weighted by molar-refractivity contribution is 0.0970. The molecule has 3 N–H and O–H groups in total. The number of nitrogens with zero attached hydrogens (tertiary/aromatic N) is 1.